The fourth-order valence-electron chi connectivity index (χ4n) is 1.34. The summed E-state index contributed by atoms with van der Waals surface area (Å²) in [5, 5.41) is 0.534. The normalized spacial score (nSPS) is 10.3. The maximum Gasteiger partial charge on any atom is 0.227 e. The molecule has 2 N–H and O–H groups in total. The molecule has 2 rings (SSSR count). The van der Waals surface area contributed by atoms with E-state index in [-0.39, 0.29) is 5.95 Å². The van der Waals surface area contributed by atoms with Gasteiger partial charge in [-0.25, -0.2) is 4.98 Å². The maximum atomic E-state index is 6.04. The highest BCUT2D eigenvalue weighted by atomic mass is 35.5. The third kappa shape index (κ3) is 2.65. The Hall–Kier alpha value is -1.81. The molecule has 0 bridgehead atoms. The Balaban J connectivity index is 2.37. The summed E-state index contributed by atoms with van der Waals surface area (Å²) in [5.41, 5.74) is 7.38. The number of anilines is 1. The first-order valence-electron chi connectivity index (χ1n) is 5.09. The number of benzene rings is 1. The summed E-state index contributed by atoms with van der Waals surface area (Å²) in [6.07, 6.45) is 1.61. The van der Waals surface area contributed by atoms with Crippen LogP contribution in [0, 0.1) is 13.8 Å². The molecule has 4 nitrogen and oxygen atoms in total. The molecule has 0 aliphatic rings. The summed E-state index contributed by atoms with van der Waals surface area (Å²) < 4.78 is 5.64. The highest BCUT2D eigenvalue weighted by Gasteiger charge is 2.08. The van der Waals surface area contributed by atoms with Gasteiger partial charge in [0.2, 0.25) is 11.8 Å². The Morgan fingerprint density at radius 2 is 2.06 bits per heavy atom. The minimum atomic E-state index is 0.175. The Morgan fingerprint density at radius 1 is 1.29 bits per heavy atom. The third-order valence-corrected chi connectivity index (χ3v) is 2.55. The van der Waals surface area contributed by atoms with Crippen molar-refractivity contribution in [2.75, 3.05) is 5.73 Å². The second-order valence-electron chi connectivity index (χ2n) is 3.75. The Morgan fingerprint density at radius 3 is 2.82 bits per heavy atom. The molecule has 1 aromatic carbocycles. The van der Waals surface area contributed by atoms with Crippen LogP contribution < -0.4 is 10.5 Å². The molecule has 0 fully saturated rings. The molecular formula is C12H12ClN3O. The fraction of sp³-hybridized carbons (Fsp3) is 0.167. The molecule has 0 unspecified atom stereocenters. The smallest absolute Gasteiger partial charge is 0.227 e. The number of ether oxygens (including phenoxy) is 1. The van der Waals surface area contributed by atoms with Gasteiger partial charge in [0.15, 0.2) is 0 Å². The first-order chi connectivity index (χ1) is 8.06. The summed E-state index contributed by atoms with van der Waals surface area (Å²) in [7, 11) is 0. The molecule has 0 aliphatic carbocycles. The average molecular weight is 250 g/mol. The van der Waals surface area contributed by atoms with E-state index < -0.39 is 0 Å². The second-order valence-corrected chi connectivity index (χ2v) is 4.16. The fourth-order valence-corrected chi connectivity index (χ4v) is 1.49. The number of nitrogens with zero attached hydrogens (tertiary/aromatic N) is 2. The largest absolute Gasteiger partial charge is 0.437 e. The highest BCUT2D eigenvalue weighted by Crippen LogP contribution is 2.30. The van der Waals surface area contributed by atoms with Gasteiger partial charge in [-0.05, 0) is 31.5 Å². The Kier molecular flexibility index (Phi) is 3.15. The number of halogens is 1. The van der Waals surface area contributed by atoms with E-state index in [9.17, 15) is 0 Å². The molecule has 1 heterocycles. The SMILES string of the molecule is Cc1ccc(Cl)c(Oc2nc(N)ncc2C)c1. The van der Waals surface area contributed by atoms with E-state index in [1.807, 2.05) is 26.0 Å². The summed E-state index contributed by atoms with van der Waals surface area (Å²) in [6.45, 7) is 3.81. The highest BCUT2D eigenvalue weighted by molar-refractivity contribution is 6.32. The summed E-state index contributed by atoms with van der Waals surface area (Å²) >= 11 is 6.04. The molecule has 0 spiro atoms. The van der Waals surface area contributed by atoms with Gasteiger partial charge in [0.1, 0.15) is 5.75 Å². The van der Waals surface area contributed by atoms with E-state index >= 15 is 0 Å². The number of nitrogens with two attached hydrogens (primary N) is 1. The van der Waals surface area contributed by atoms with Crippen molar-refractivity contribution in [3.8, 4) is 11.6 Å². The van der Waals surface area contributed by atoms with Crippen LogP contribution in [0.2, 0.25) is 5.02 Å². The first kappa shape index (κ1) is 11.7. The predicted octanol–water partition coefficient (Wildman–Crippen LogP) is 3.12. The minimum absolute atomic E-state index is 0.175. The van der Waals surface area contributed by atoms with E-state index in [0.717, 1.165) is 11.1 Å². The van der Waals surface area contributed by atoms with Crippen molar-refractivity contribution in [3.05, 3.63) is 40.5 Å². The lowest BCUT2D eigenvalue weighted by Crippen LogP contribution is -1.99. The van der Waals surface area contributed by atoms with Gasteiger partial charge in [0.25, 0.3) is 0 Å². The summed E-state index contributed by atoms with van der Waals surface area (Å²) in [6, 6.07) is 5.54. The number of aryl methyl sites for hydroxylation is 2. The molecule has 0 atom stereocenters. The van der Waals surface area contributed by atoms with Gasteiger partial charge in [0.05, 0.1) is 5.02 Å². The molecule has 1 aromatic heterocycles. The van der Waals surface area contributed by atoms with E-state index in [0.29, 0.717) is 16.7 Å². The van der Waals surface area contributed by atoms with Gasteiger partial charge in [0, 0.05) is 11.8 Å². The molecule has 2 aromatic rings. The number of rotatable bonds is 2. The first-order valence-corrected chi connectivity index (χ1v) is 5.47. The van der Waals surface area contributed by atoms with E-state index in [1.54, 1.807) is 12.3 Å². The van der Waals surface area contributed by atoms with Gasteiger partial charge in [-0.3, -0.25) is 0 Å². The van der Waals surface area contributed by atoms with Crippen molar-refractivity contribution in [3.63, 3.8) is 0 Å². The zero-order chi connectivity index (χ0) is 12.4. The van der Waals surface area contributed by atoms with Crippen molar-refractivity contribution < 1.29 is 4.74 Å². The molecule has 0 saturated carbocycles. The van der Waals surface area contributed by atoms with Crippen LogP contribution in [0.15, 0.2) is 24.4 Å². The van der Waals surface area contributed by atoms with Crippen LogP contribution in [0.4, 0.5) is 5.95 Å². The van der Waals surface area contributed by atoms with Crippen LogP contribution in [-0.4, -0.2) is 9.97 Å². The van der Waals surface area contributed by atoms with Gasteiger partial charge >= 0.3 is 0 Å². The van der Waals surface area contributed by atoms with Crippen LogP contribution in [-0.2, 0) is 0 Å². The van der Waals surface area contributed by atoms with Crippen molar-refractivity contribution in [2.45, 2.75) is 13.8 Å². The van der Waals surface area contributed by atoms with E-state index in [1.165, 1.54) is 0 Å². The van der Waals surface area contributed by atoms with Gasteiger partial charge in [-0.1, -0.05) is 17.7 Å². The lowest BCUT2D eigenvalue weighted by Gasteiger charge is -2.09. The average Bonchev–Trinajstić information content (AvgIpc) is 2.28. The number of nitrogen functional groups attached to an aromatic ring is 1. The van der Waals surface area contributed by atoms with Crippen molar-refractivity contribution in [1.29, 1.82) is 0 Å². The Bertz CT molecular complexity index is 508. The van der Waals surface area contributed by atoms with Crippen LogP contribution in [0.25, 0.3) is 0 Å². The molecule has 17 heavy (non-hydrogen) atoms. The zero-order valence-corrected chi connectivity index (χ0v) is 10.3. The predicted molar refractivity (Wildman–Crippen MR) is 67.4 cm³/mol. The number of hydrogen-bond donors (Lipinski definition) is 1. The van der Waals surface area contributed by atoms with E-state index in [4.69, 9.17) is 22.1 Å². The van der Waals surface area contributed by atoms with Crippen LogP contribution in [0.1, 0.15) is 11.1 Å². The molecule has 88 valence electrons. The summed E-state index contributed by atoms with van der Waals surface area (Å²) in [5.74, 6) is 1.16. The molecule has 0 saturated heterocycles. The number of aromatic nitrogens is 2. The number of hydrogen-bond acceptors (Lipinski definition) is 4. The van der Waals surface area contributed by atoms with Crippen molar-refractivity contribution in [1.82, 2.24) is 9.97 Å². The van der Waals surface area contributed by atoms with Crippen LogP contribution >= 0.6 is 11.6 Å². The molecule has 0 amide bonds. The molecule has 5 heteroatoms. The molecule has 0 aliphatic heterocycles. The van der Waals surface area contributed by atoms with Crippen molar-refractivity contribution >= 4 is 17.5 Å². The minimum Gasteiger partial charge on any atom is -0.437 e. The van der Waals surface area contributed by atoms with Gasteiger partial charge in [-0.2, -0.15) is 4.98 Å². The third-order valence-electron chi connectivity index (χ3n) is 2.24. The second kappa shape index (κ2) is 4.59. The van der Waals surface area contributed by atoms with E-state index in [2.05, 4.69) is 9.97 Å². The standard InChI is InChI=1S/C12H12ClN3O/c1-7-3-4-9(13)10(5-7)17-11-8(2)6-15-12(14)16-11/h3-6H,1-2H3,(H2,14,15,16). The summed E-state index contributed by atoms with van der Waals surface area (Å²) in [4.78, 5) is 7.90. The topological polar surface area (TPSA) is 61.0 Å². The monoisotopic (exact) mass is 249 g/mol. The lowest BCUT2D eigenvalue weighted by molar-refractivity contribution is 0.458. The van der Waals surface area contributed by atoms with Crippen molar-refractivity contribution in [2.24, 2.45) is 0 Å². The van der Waals surface area contributed by atoms with Crippen LogP contribution in [0.3, 0.4) is 0 Å². The molecular weight excluding hydrogens is 238 g/mol. The Labute approximate surface area is 104 Å². The maximum absolute atomic E-state index is 6.04. The van der Waals surface area contributed by atoms with Gasteiger partial charge in [-0.15, -0.1) is 0 Å². The quantitative estimate of drug-likeness (QED) is 0.888. The van der Waals surface area contributed by atoms with Crippen LogP contribution in [0.5, 0.6) is 11.6 Å². The zero-order valence-electron chi connectivity index (χ0n) is 9.57. The lowest BCUT2D eigenvalue weighted by atomic mass is 10.2. The van der Waals surface area contributed by atoms with Gasteiger partial charge < -0.3 is 10.5 Å². The molecule has 0 radical (unpaired) electrons.